The zero-order valence-corrected chi connectivity index (χ0v) is 19.8. The molecule has 1 fully saturated rings. The third kappa shape index (κ3) is 5.40. The minimum Gasteiger partial charge on any atom is -0.496 e. The molecule has 1 heterocycles. The van der Waals surface area contributed by atoms with Gasteiger partial charge in [-0.25, -0.2) is 0 Å². The van der Waals surface area contributed by atoms with Crippen LogP contribution < -0.4 is 4.74 Å². The van der Waals surface area contributed by atoms with Gasteiger partial charge in [0, 0.05) is 31.3 Å². The van der Waals surface area contributed by atoms with E-state index >= 15 is 0 Å². The summed E-state index contributed by atoms with van der Waals surface area (Å²) < 4.78 is 5.40. The molecule has 1 aliphatic heterocycles. The molecule has 33 heavy (non-hydrogen) atoms. The highest BCUT2D eigenvalue weighted by atomic mass is 32.2. The van der Waals surface area contributed by atoms with Gasteiger partial charge in [-0.15, -0.1) is 11.8 Å². The van der Waals surface area contributed by atoms with Crippen molar-refractivity contribution in [1.82, 2.24) is 9.80 Å². The van der Waals surface area contributed by atoms with E-state index in [0.29, 0.717) is 24.4 Å². The van der Waals surface area contributed by atoms with Crippen molar-refractivity contribution in [2.45, 2.75) is 18.3 Å². The second kappa shape index (κ2) is 10.6. The third-order valence-electron chi connectivity index (χ3n) is 5.84. The maximum Gasteiger partial charge on any atom is 0.253 e. The first-order chi connectivity index (χ1) is 16.1. The molecule has 5 nitrogen and oxygen atoms in total. The molecule has 3 aromatic carbocycles. The van der Waals surface area contributed by atoms with Crippen LogP contribution in [0.15, 0.2) is 78.9 Å². The van der Waals surface area contributed by atoms with E-state index in [4.69, 9.17) is 4.74 Å². The van der Waals surface area contributed by atoms with Crippen LogP contribution in [0.1, 0.15) is 32.4 Å². The van der Waals surface area contributed by atoms with Gasteiger partial charge in [0.15, 0.2) is 0 Å². The summed E-state index contributed by atoms with van der Waals surface area (Å²) in [6.07, 6.45) is 0.827. The van der Waals surface area contributed by atoms with Gasteiger partial charge in [-0.05, 0) is 35.7 Å². The summed E-state index contributed by atoms with van der Waals surface area (Å²) in [5, 5.41) is -0.0170. The van der Waals surface area contributed by atoms with Crippen LogP contribution in [0.25, 0.3) is 0 Å². The Kier molecular flexibility index (Phi) is 7.35. The van der Waals surface area contributed by atoms with Gasteiger partial charge >= 0.3 is 0 Å². The number of thioether (sulfide) groups is 1. The van der Waals surface area contributed by atoms with Crippen LogP contribution in [0.2, 0.25) is 0 Å². The number of methoxy groups -OCH3 is 1. The molecule has 0 bridgehead atoms. The van der Waals surface area contributed by atoms with E-state index < -0.39 is 0 Å². The lowest BCUT2D eigenvalue weighted by atomic mass is 10.1. The number of ether oxygens (including phenoxy) is 1. The van der Waals surface area contributed by atoms with E-state index in [9.17, 15) is 9.59 Å². The van der Waals surface area contributed by atoms with Gasteiger partial charge in [0.05, 0.1) is 12.9 Å². The Morgan fingerprint density at radius 2 is 1.73 bits per heavy atom. The maximum atomic E-state index is 13.0. The Morgan fingerprint density at radius 1 is 1.03 bits per heavy atom. The number of carbonyl (C=O) groups excluding carboxylic acids is 2. The number of rotatable bonds is 8. The molecule has 2 amide bonds. The fourth-order valence-electron chi connectivity index (χ4n) is 4.04. The lowest BCUT2D eigenvalue weighted by molar-refractivity contribution is -0.128. The number of carbonyl (C=O) groups is 2. The molecule has 0 aromatic heterocycles. The minimum atomic E-state index is -0.0523. The number of nitrogens with zero attached hydrogens (tertiary/aromatic N) is 2. The molecule has 0 aliphatic carbocycles. The molecule has 3 aromatic rings. The highest BCUT2D eigenvalue weighted by molar-refractivity contribution is 8.00. The summed E-state index contributed by atoms with van der Waals surface area (Å²) in [6, 6.07) is 25.6. The molecular weight excluding hydrogens is 432 g/mol. The second-order valence-electron chi connectivity index (χ2n) is 8.08. The van der Waals surface area contributed by atoms with Gasteiger partial charge in [-0.3, -0.25) is 9.59 Å². The molecule has 170 valence electrons. The zero-order chi connectivity index (χ0) is 23.2. The first-order valence-electron chi connectivity index (χ1n) is 11.0. The Balaban J connectivity index is 1.42. The summed E-state index contributed by atoms with van der Waals surface area (Å²) in [7, 11) is 3.42. The number of hydrogen-bond donors (Lipinski definition) is 0. The normalized spacial score (nSPS) is 15.5. The van der Waals surface area contributed by atoms with Crippen molar-refractivity contribution < 1.29 is 14.3 Å². The van der Waals surface area contributed by atoms with Crippen LogP contribution in [0.5, 0.6) is 5.75 Å². The van der Waals surface area contributed by atoms with Gasteiger partial charge in [-0.2, -0.15) is 0 Å². The summed E-state index contributed by atoms with van der Waals surface area (Å²) in [4.78, 5) is 29.1. The number of amides is 2. The van der Waals surface area contributed by atoms with Crippen LogP contribution in [-0.2, 0) is 17.8 Å². The van der Waals surface area contributed by atoms with E-state index in [-0.39, 0.29) is 17.2 Å². The van der Waals surface area contributed by atoms with Gasteiger partial charge < -0.3 is 14.5 Å². The SMILES string of the molecule is COc1ccccc1CN(C)C(=O)c1ccc([C@H]2SCC(=O)N2CCc2ccccc2)cc1. The smallest absolute Gasteiger partial charge is 0.253 e. The average molecular weight is 461 g/mol. The molecule has 0 unspecified atom stereocenters. The summed E-state index contributed by atoms with van der Waals surface area (Å²) in [5.74, 6) is 1.37. The Labute approximate surface area is 199 Å². The fraction of sp³-hybridized carbons (Fsp3) is 0.259. The zero-order valence-electron chi connectivity index (χ0n) is 18.9. The van der Waals surface area contributed by atoms with Gasteiger partial charge in [0.1, 0.15) is 11.1 Å². The van der Waals surface area contributed by atoms with E-state index in [1.807, 2.05) is 71.6 Å². The van der Waals surface area contributed by atoms with Crippen molar-refractivity contribution in [3.05, 3.63) is 101 Å². The Hall–Kier alpha value is -3.25. The van der Waals surface area contributed by atoms with Gasteiger partial charge in [-0.1, -0.05) is 60.7 Å². The Morgan fingerprint density at radius 3 is 2.45 bits per heavy atom. The molecule has 0 spiro atoms. The molecular formula is C27H28N2O3S. The summed E-state index contributed by atoms with van der Waals surface area (Å²) in [6.45, 7) is 1.15. The highest BCUT2D eigenvalue weighted by Gasteiger charge is 2.32. The predicted molar refractivity (Wildman–Crippen MR) is 132 cm³/mol. The molecule has 1 aliphatic rings. The number of para-hydroxylation sites is 1. The standard InChI is InChI=1S/C27H28N2O3S/c1-28(18-23-10-6-7-11-24(23)32-2)26(31)21-12-14-22(15-13-21)27-29(25(30)19-33-27)17-16-20-8-4-3-5-9-20/h3-15,27H,16-19H2,1-2H3/t27-/m1/s1. The number of hydrogen-bond acceptors (Lipinski definition) is 4. The van der Waals surface area contributed by atoms with Crippen molar-refractivity contribution >= 4 is 23.6 Å². The van der Waals surface area contributed by atoms with Gasteiger partial charge in [0.25, 0.3) is 5.91 Å². The largest absolute Gasteiger partial charge is 0.496 e. The van der Waals surface area contributed by atoms with E-state index in [1.165, 1.54) is 5.56 Å². The van der Waals surface area contributed by atoms with Crippen molar-refractivity contribution in [1.29, 1.82) is 0 Å². The van der Waals surface area contributed by atoms with Crippen molar-refractivity contribution in [3.63, 3.8) is 0 Å². The Bertz CT molecular complexity index is 1100. The van der Waals surface area contributed by atoms with Crippen LogP contribution in [-0.4, -0.2) is 48.1 Å². The highest BCUT2D eigenvalue weighted by Crippen LogP contribution is 2.38. The van der Waals surface area contributed by atoms with Crippen LogP contribution in [0, 0.1) is 0 Å². The predicted octanol–water partition coefficient (Wildman–Crippen LogP) is 4.78. The second-order valence-corrected chi connectivity index (χ2v) is 9.15. The summed E-state index contributed by atoms with van der Waals surface area (Å²) >= 11 is 1.64. The maximum absolute atomic E-state index is 13.0. The monoisotopic (exact) mass is 460 g/mol. The minimum absolute atomic E-state index is 0.0170. The molecule has 4 rings (SSSR count). The topological polar surface area (TPSA) is 49.9 Å². The molecule has 1 saturated heterocycles. The van der Waals surface area contributed by atoms with Crippen LogP contribution in [0.3, 0.4) is 0 Å². The fourth-order valence-corrected chi connectivity index (χ4v) is 5.26. The van der Waals surface area contributed by atoms with Crippen LogP contribution >= 0.6 is 11.8 Å². The van der Waals surface area contributed by atoms with Crippen LogP contribution in [0.4, 0.5) is 0 Å². The molecule has 0 N–H and O–H groups in total. The van der Waals surface area contributed by atoms with E-state index in [2.05, 4.69) is 12.1 Å². The third-order valence-corrected chi connectivity index (χ3v) is 7.10. The first-order valence-corrected chi connectivity index (χ1v) is 12.0. The lowest BCUT2D eigenvalue weighted by Crippen LogP contribution is -2.30. The molecule has 6 heteroatoms. The van der Waals surface area contributed by atoms with E-state index in [1.54, 1.807) is 30.8 Å². The molecule has 1 atom stereocenters. The van der Waals surface area contributed by atoms with Crippen molar-refractivity contribution in [2.24, 2.45) is 0 Å². The van der Waals surface area contributed by atoms with E-state index in [0.717, 1.165) is 23.3 Å². The van der Waals surface area contributed by atoms with Gasteiger partial charge in [0.2, 0.25) is 5.91 Å². The number of benzene rings is 3. The first kappa shape index (κ1) is 22.9. The quantitative estimate of drug-likeness (QED) is 0.485. The summed E-state index contributed by atoms with van der Waals surface area (Å²) in [5.41, 5.74) is 3.85. The molecule has 0 saturated carbocycles. The average Bonchev–Trinajstić information content (AvgIpc) is 3.23. The van der Waals surface area contributed by atoms with Crippen molar-refractivity contribution in [3.8, 4) is 5.75 Å². The lowest BCUT2D eigenvalue weighted by Gasteiger charge is -2.25. The molecule has 0 radical (unpaired) electrons. The van der Waals surface area contributed by atoms with Crippen molar-refractivity contribution in [2.75, 3.05) is 26.5 Å².